The van der Waals surface area contributed by atoms with Gasteiger partial charge in [-0.1, -0.05) is 48.9 Å². The fraction of sp³-hybridized carbons (Fsp3) is 0.324. The number of nitrogens with zero attached hydrogens (tertiary/aromatic N) is 2. The van der Waals surface area contributed by atoms with Crippen LogP contribution in [-0.2, 0) is 21.5 Å². The monoisotopic (exact) mass is 618 g/mol. The third kappa shape index (κ3) is 6.17. The van der Waals surface area contributed by atoms with Crippen LogP contribution in [0.2, 0.25) is 0 Å². The number of carboxylic acids is 1. The first-order valence-corrected chi connectivity index (χ1v) is 14.9. The van der Waals surface area contributed by atoms with Crippen molar-refractivity contribution in [3.63, 3.8) is 0 Å². The van der Waals surface area contributed by atoms with Gasteiger partial charge in [-0.3, -0.25) is 14.8 Å². The molecule has 3 N–H and O–H groups in total. The number of benzene rings is 3. The Morgan fingerprint density at radius 2 is 1.80 bits per heavy atom. The number of hydrogen-bond acceptors (Lipinski definition) is 5. The number of carbonyl (C=O) groups is 2. The van der Waals surface area contributed by atoms with E-state index in [0.717, 1.165) is 52.1 Å². The molecule has 0 unspecified atom stereocenters. The van der Waals surface area contributed by atoms with Crippen LogP contribution < -0.4 is 10.1 Å². The summed E-state index contributed by atoms with van der Waals surface area (Å²) in [6, 6.07) is 21.1. The van der Waals surface area contributed by atoms with E-state index in [0.29, 0.717) is 0 Å². The van der Waals surface area contributed by atoms with E-state index in [9.17, 15) is 18.0 Å². The Morgan fingerprint density at radius 1 is 1.07 bits per heavy atom. The number of hydrogen-bond donors (Lipinski definition) is 3. The van der Waals surface area contributed by atoms with Gasteiger partial charge in [0, 0.05) is 23.5 Å². The van der Waals surface area contributed by atoms with Crippen molar-refractivity contribution in [1.29, 1.82) is 0 Å². The van der Waals surface area contributed by atoms with Crippen LogP contribution in [-0.4, -0.2) is 58.5 Å². The Balaban J connectivity index is 0.000000460. The molecule has 1 amide bonds. The fourth-order valence-electron chi connectivity index (χ4n) is 6.39. The van der Waals surface area contributed by atoms with Gasteiger partial charge in [-0.25, -0.2) is 4.79 Å². The van der Waals surface area contributed by atoms with Gasteiger partial charge in [0.25, 0.3) is 0 Å². The Labute approximate surface area is 257 Å². The van der Waals surface area contributed by atoms with Gasteiger partial charge in [-0.15, -0.1) is 0 Å². The summed E-state index contributed by atoms with van der Waals surface area (Å²) in [4.78, 5) is 24.5. The van der Waals surface area contributed by atoms with Crippen LogP contribution in [0.4, 0.5) is 18.9 Å². The van der Waals surface area contributed by atoms with Crippen molar-refractivity contribution in [3.05, 3.63) is 88.6 Å². The smallest absolute Gasteiger partial charge is 0.490 e. The summed E-state index contributed by atoms with van der Waals surface area (Å²) >= 11 is 0. The number of fused-ring (bicyclic) bond motifs is 3. The number of aromatic nitrogens is 2. The zero-order valence-electron chi connectivity index (χ0n) is 24.7. The number of ether oxygens (including phenoxy) is 1. The topological polar surface area (TPSA) is 108 Å². The first-order valence-electron chi connectivity index (χ1n) is 14.9. The largest absolute Gasteiger partial charge is 0.497 e. The molecule has 11 heteroatoms. The number of carboxylic acid groups (broad SMARTS) is 1. The highest BCUT2D eigenvalue weighted by molar-refractivity contribution is 6.10. The summed E-state index contributed by atoms with van der Waals surface area (Å²) in [5.41, 5.74) is 7.05. The SMILES string of the molecule is COc1ccc2c(c1)[C@]1(C[C@H]1c1ccc3c(C=Cc4ccc(CN5CCCCC5)cc4)n[nH]c3c1)C(=O)N2.O=C(O)C(F)(F)F. The van der Waals surface area contributed by atoms with E-state index in [1.54, 1.807) is 7.11 Å². The number of amides is 1. The molecule has 4 aromatic rings. The number of H-pyrrole nitrogens is 1. The molecule has 3 aromatic carbocycles. The molecular weight excluding hydrogens is 585 g/mol. The highest BCUT2D eigenvalue weighted by Crippen LogP contribution is 2.65. The van der Waals surface area contributed by atoms with Gasteiger partial charge in [-0.05, 0) is 84.9 Å². The van der Waals surface area contributed by atoms with Crippen LogP contribution in [0.25, 0.3) is 23.1 Å². The lowest BCUT2D eigenvalue weighted by molar-refractivity contribution is -0.192. The minimum atomic E-state index is -5.08. The Bertz CT molecular complexity index is 1760. The second-order valence-corrected chi connectivity index (χ2v) is 11.7. The predicted molar refractivity (Wildman–Crippen MR) is 165 cm³/mol. The summed E-state index contributed by atoms with van der Waals surface area (Å²) < 4.78 is 37.2. The van der Waals surface area contributed by atoms with Gasteiger partial charge in [0.1, 0.15) is 5.75 Å². The van der Waals surface area contributed by atoms with E-state index in [1.165, 1.54) is 43.5 Å². The maximum atomic E-state index is 13.0. The number of methoxy groups -OCH3 is 1. The number of carbonyl (C=O) groups excluding carboxylic acids is 1. The summed E-state index contributed by atoms with van der Waals surface area (Å²) in [6.45, 7) is 3.47. The van der Waals surface area contributed by atoms with Gasteiger partial charge in [0.05, 0.1) is 23.7 Å². The van der Waals surface area contributed by atoms with Crippen LogP contribution in [0.5, 0.6) is 5.75 Å². The average molecular weight is 619 g/mol. The first-order chi connectivity index (χ1) is 21.6. The minimum absolute atomic E-state index is 0.0843. The van der Waals surface area contributed by atoms with Crippen molar-refractivity contribution < 1.29 is 32.6 Å². The number of likely N-dealkylation sites (tertiary alicyclic amines) is 1. The lowest BCUT2D eigenvalue weighted by Crippen LogP contribution is -2.28. The summed E-state index contributed by atoms with van der Waals surface area (Å²) in [5, 5.41) is 19.1. The fourth-order valence-corrected chi connectivity index (χ4v) is 6.39. The van der Waals surface area contributed by atoms with Crippen molar-refractivity contribution in [3.8, 4) is 5.75 Å². The number of aliphatic carboxylic acids is 1. The Hall–Kier alpha value is -4.64. The van der Waals surface area contributed by atoms with E-state index in [1.807, 2.05) is 18.2 Å². The van der Waals surface area contributed by atoms with Crippen LogP contribution in [0.3, 0.4) is 0 Å². The standard InChI is InChI=1S/C32H32N4O2.C2HF3O2/c1-38-24-11-14-29-26(18-24)32(31(37)33-29)19-27(32)23-10-12-25-28(34-35-30(25)17-23)13-9-21-5-7-22(8-6-21)20-36-15-3-2-4-16-36;3-2(4,5)1(6)7/h5-14,17-18,27H,2-4,15-16,19-20H2,1H3,(H,33,37)(H,34,35);(H,6,7)/t27-,32-;/m0./s1. The van der Waals surface area contributed by atoms with Crippen LogP contribution in [0, 0.1) is 0 Å². The lowest BCUT2D eigenvalue weighted by atomic mass is 9.91. The van der Waals surface area contributed by atoms with Crippen molar-refractivity contribution in [2.75, 3.05) is 25.5 Å². The van der Waals surface area contributed by atoms with Gasteiger partial charge in [0.15, 0.2) is 0 Å². The normalized spacial score (nSPS) is 21.0. The summed E-state index contributed by atoms with van der Waals surface area (Å²) in [6.07, 6.45) is 3.92. The molecule has 2 atom stereocenters. The Morgan fingerprint density at radius 3 is 2.49 bits per heavy atom. The third-order valence-corrected chi connectivity index (χ3v) is 8.85. The number of aromatic amines is 1. The van der Waals surface area contributed by atoms with Gasteiger partial charge in [-0.2, -0.15) is 18.3 Å². The molecular formula is C34H33F3N4O4. The minimum Gasteiger partial charge on any atom is -0.497 e. The molecule has 45 heavy (non-hydrogen) atoms. The first kappa shape index (κ1) is 30.4. The number of piperidine rings is 1. The Kier molecular flexibility index (Phi) is 8.13. The quantitative estimate of drug-likeness (QED) is 0.221. The number of alkyl halides is 3. The van der Waals surface area contributed by atoms with E-state index in [4.69, 9.17) is 14.6 Å². The number of nitrogens with one attached hydrogen (secondary N) is 2. The van der Waals surface area contributed by atoms with Crippen molar-refractivity contribution in [1.82, 2.24) is 15.1 Å². The molecule has 1 saturated carbocycles. The molecule has 2 aliphatic heterocycles. The predicted octanol–water partition coefficient (Wildman–Crippen LogP) is 6.74. The average Bonchev–Trinajstić information content (AvgIpc) is 3.57. The zero-order chi connectivity index (χ0) is 31.8. The molecule has 0 radical (unpaired) electrons. The number of rotatable bonds is 6. The molecule has 234 valence electrons. The molecule has 3 heterocycles. The second-order valence-electron chi connectivity index (χ2n) is 11.7. The molecule has 1 spiro atoms. The highest BCUT2D eigenvalue weighted by Gasteiger charge is 2.65. The van der Waals surface area contributed by atoms with Crippen LogP contribution >= 0.6 is 0 Å². The van der Waals surface area contributed by atoms with Crippen molar-refractivity contribution >= 4 is 40.6 Å². The van der Waals surface area contributed by atoms with E-state index in [-0.39, 0.29) is 11.8 Å². The van der Waals surface area contributed by atoms with Gasteiger partial charge < -0.3 is 15.2 Å². The van der Waals surface area contributed by atoms with E-state index in [2.05, 4.69) is 75.0 Å². The van der Waals surface area contributed by atoms with Gasteiger partial charge >= 0.3 is 12.1 Å². The maximum Gasteiger partial charge on any atom is 0.490 e. The zero-order valence-corrected chi connectivity index (χ0v) is 24.7. The lowest BCUT2D eigenvalue weighted by Gasteiger charge is -2.26. The molecule has 0 bridgehead atoms. The molecule has 2 fully saturated rings. The molecule has 1 saturated heterocycles. The second kappa shape index (κ2) is 12.0. The van der Waals surface area contributed by atoms with E-state index >= 15 is 0 Å². The highest BCUT2D eigenvalue weighted by atomic mass is 19.4. The van der Waals surface area contributed by atoms with Crippen molar-refractivity contribution in [2.24, 2.45) is 0 Å². The summed E-state index contributed by atoms with van der Waals surface area (Å²) in [5.74, 6) is -1.75. The summed E-state index contributed by atoms with van der Waals surface area (Å²) in [7, 11) is 1.66. The number of anilines is 1. The molecule has 7 rings (SSSR count). The van der Waals surface area contributed by atoms with Gasteiger partial charge in [0.2, 0.25) is 5.91 Å². The number of halogens is 3. The van der Waals surface area contributed by atoms with E-state index < -0.39 is 17.6 Å². The third-order valence-electron chi connectivity index (χ3n) is 8.85. The maximum absolute atomic E-state index is 13.0. The molecule has 1 aliphatic carbocycles. The van der Waals surface area contributed by atoms with Crippen molar-refractivity contribution in [2.45, 2.75) is 49.7 Å². The van der Waals surface area contributed by atoms with Crippen LogP contribution in [0.1, 0.15) is 59.5 Å². The molecule has 1 aromatic heterocycles. The molecule has 8 nitrogen and oxygen atoms in total. The molecule has 3 aliphatic rings. The van der Waals surface area contributed by atoms with Crippen LogP contribution in [0.15, 0.2) is 60.7 Å².